The number of piperazine rings is 3. The van der Waals surface area contributed by atoms with Crippen LogP contribution in [-0.4, -0.2) is 196 Å². The molecule has 3 fully saturated rings. The van der Waals surface area contributed by atoms with Crippen molar-refractivity contribution in [2.75, 3.05) is 115 Å². The van der Waals surface area contributed by atoms with E-state index in [0.717, 1.165) is 40.3 Å². The first-order valence-corrected chi connectivity index (χ1v) is 41.3. The van der Waals surface area contributed by atoms with Gasteiger partial charge < -0.3 is 39.1 Å². The first-order valence-electron chi connectivity index (χ1n) is 35.1. The molecule has 14 rings (SSSR count). The Kier molecular flexibility index (Phi) is 24.7. The molecule has 3 saturated heterocycles. The number of carbonyl (C=O) groups excluding carboxylic acids is 3. The fourth-order valence-corrected chi connectivity index (χ4v) is 18.3. The lowest BCUT2D eigenvalue weighted by molar-refractivity contribution is -0.139. The minimum atomic E-state index is -4.46. The first kappa shape index (κ1) is 79.2. The van der Waals surface area contributed by atoms with Gasteiger partial charge in [-0.25, -0.2) is 49.6 Å². The smallest absolute Gasteiger partial charge is 0.394 e. The third-order valence-corrected chi connectivity index (χ3v) is 25.3. The molecule has 25 nitrogen and oxygen atoms in total. The van der Waals surface area contributed by atoms with Gasteiger partial charge in [0.25, 0.3) is 30.1 Å². The highest BCUT2D eigenvalue weighted by Crippen LogP contribution is 2.39. The Hall–Kier alpha value is -10.4. The summed E-state index contributed by atoms with van der Waals surface area (Å²) in [5.41, 5.74) is 4.63. The van der Waals surface area contributed by atoms with Gasteiger partial charge >= 0.3 is 6.18 Å². The molecule has 10 aromatic rings. The number of aromatic nitrogens is 5. The predicted octanol–water partition coefficient (Wildman–Crippen LogP) is 11.5. The van der Waals surface area contributed by atoms with Crippen LogP contribution in [0, 0.1) is 11.7 Å². The highest BCUT2D eigenvalue weighted by atomic mass is 32.2. The van der Waals surface area contributed by atoms with E-state index in [1.54, 1.807) is 98.1 Å². The molecule has 6 aromatic carbocycles. The zero-order valence-electron chi connectivity index (χ0n) is 60.3. The summed E-state index contributed by atoms with van der Waals surface area (Å²) in [6, 6.07) is 40.7. The quantitative estimate of drug-likeness (QED) is 0.0486. The van der Waals surface area contributed by atoms with E-state index in [-0.39, 0.29) is 87.5 Å². The lowest BCUT2D eigenvalue weighted by atomic mass is 9.87. The van der Waals surface area contributed by atoms with E-state index in [9.17, 15) is 62.3 Å². The summed E-state index contributed by atoms with van der Waals surface area (Å²) < 4.78 is 138. The van der Waals surface area contributed by atoms with Crippen LogP contribution in [-0.2, 0) is 63.6 Å². The number of allylic oxidation sites excluding steroid dienone is 1. The van der Waals surface area contributed by atoms with Crippen LogP contribution < -0.4 is 28.9 Å². The fourth-order valence-electron chi connectivity index (χ4n) is 13.7. The molecule has 110 heavy (non-hydrogen) atoms. The number of rotatable bonds is 21. The Balaban J connectivity index is 0.000000234. The summed E-state index contributed by atoms with van der Waals surface area (Å²) >= 11 is 2.38. The van der Waals surface area contributed by atoms with Crippen molar-refractivity contribution in [3.63, 3.8) is 0 Å². The first-order chi connectivity index (χ1) is 52.6. The molecule has 34 heteroatoms. The molecule has 0 saturated carbocycles. The van der Waals surface area contributed by atoms with E-state index < -0.39 is 53.8 Å². The van der Waals surface area contributed by atoms with Crippen molar-refractivity contribution < 1.29 is 69.4 Å². The van der Waals surface area contributed by atoms with Gasteiger partial charge in [0.2, 0.25) is 17.7 Å². The third-order valence-electron chi connectivity index (χ3n) is 19.6. The van der Waals surface area contributed by atoms with Gasteiger partial charge in [-0.3, -0.25) is 33.4 Å². The van der Waals surface area contributed by atoms with Crippen molar-refractivity contribution in [2.24, 2.45) is 5.92 Å². The number of nitrogens with zero attached hydrogens (tertiary/aromatic N) is 12. The Bertz CT molecular complexity index is 5240. The SMILES string of the molecule is CN(C)C(Cc1ccccc1)C(=O)N1CCN(c2ccc(S(=O)(=O)Nc3ccncn3)cc2)CC1.C[C@@H](C(=O)N1CCN(c2ccc(S(=O)(=O)Nc3nccs3)cc2)C[C@@H]1CO)C1C=Cc2c(F)cccc21.C[C@H]1CN(c2ccc(S(=O)(=O)Nc3nccs3)cc2)CCN1C(=O)Cn1ccc2ccc(C(F)(F)F)cc21.[HH].[HH].[HH].[HH].[HH]. The molecule has 3 amide bonds. The van der Waals surface area contributed by atoms with E-state index in [2.05, 4.69) is 56.0 Å². The van der Waals surface area contributed by atoms with Gasteiger partial charge in [0, 0.05) is 154 Å². The summed E-state index contributed by atoms with van der Waals surface area (Å²) in [5, 5.41) is 14.7. The van der Waals surface area contributed by atoms with Gasteiger partial charge in [-0.05, 0) is 147 Å². The van der Waals surface area contributed by atoms with Crippen molar-refractivity contribution in [3.05, 3.63) is 228 Å². The van der Waals surface area contributed by atoms with Crippen molar-refractivity contribution >= 4 is 121 Å². The molecule has 4 N–H and O–H groups in total. The Morgan fingerprint density at radius 1 is 0.636 bits per heavy atom. The van der Waals surface area contributed by atoms with Crippen LogP contribution >= 0.6 is 22.7 Å². The molecule has 4 aliphatic rings. The number of hydrogen-bond donors (Lipinski definition) is 4. The number of sulfonamides is 3. The number of fused-ring (bicyclic) bond motifs is 2. The number of thiazole rings is 2. The van der Waals surface area contributed by atoms with Gasteiger partial charge in [0.15, 0.2) is 10.3 Å². The number of likely N-dealkylation sites (N-methyl/N-ethyl adjacent to an activating group) is 1. The van der Waals surface area contributed by atoms with E-state index in [0.29, 0.717) is 93.5 Å². The summed E-state index contributed by atoms with van der Waals surface area (Å²) in [6.45, 7) is 8.93. The Morgan fingerprint density at radius 2 is 1.20 bits per heavy atom. The number of aliphatic hydroxyl groups is 1. The minimum absolute atomic E-state index is 0. The second-order valence-corrected chi connectivity index (χ2v) is 33.7. The lowest BCUT2D eigenvalue weighted by Gasteiger charge is -2.43. The van der Waals surface area contributed by atoms with Gasteiger partial charge in [0.05, 0.1) is 38.9 Å². The van der Waals surface area contributed by atoms with Crippen LogP contribution in [0.15, 0.2) is 214 Å². The molecule has 7 heterocycles. The second-order valence-electron chi connectivity index (χ2n) is 26.9. The Morgan fingerprint density at radius 3 is 1.74 bits per heavy atom. The van der Waals surface area contributed by atoms with Crippen LogP contribution in [0.4, 0.5) is 50.7 Å². The molecule has 2 unspecified atom stereocenters. The van der Waals surface area contributed by atoms with Crippen molar-refractivity contribution in [3.8, 4) is 0 Å². The largest absolute Gasteiger partial charge is 0.416 e. The number of anilines is 6. The number of alkyl halides is 3. The average Bonchev–Trinajstić information content (AvgIpc) is 1.67. The van der Waals surface area contributed by atoms with E-state index in [1.165, 1.54) is 90.1 Å². The van der Waals surface area contributed by atoms with E-state index in [1.807, 2.05) is 73.0 Å². The van der Waals surface area contributed by atoms with Crippen LogP contribution in [0.3, 0.4) is 0 Å². The molecule has 3 aliphatic heterocycles. The number of benzene rings is 6. The number of carbonyl (C=O) groups is 3. The zero-order chi connectivity index (χ0) is 78.1. The summed E-state index contributed by atoms with van der Waals surface area (Å²) in [7, 11) is -7.36. The minimum Gasteiger partial charge on any atom is -0.394 e. The lowest BCUT2D eigenvalue weighted by Crippen LogP contribution is -2.58. The molecule has 4 aromatic heterocycles. The third kappa shape index (κ3) is 18.9. The molecule has 0 radical (unpaired) electrons. The predicted molar refractivity (Wildman–Crippen MR) is 427 cm³/mol. The standard InChI is InChI=1S/C26H27FN4O4S2.C25H24F3N5O3S2.C25H30N6O3S.5H2/c1-17(21-9-10-23-22(21)3-2-4-24(23)27)25(33)31-13-12-30(15-19(31)16-32)18-5-7-20(8-6-18)37(34,35)29-26-28-11-14-36-26;1-17-15-31(20-4-6-21(7-5-20)38(35,36)30-24-29-9-13-37-24)11-12-33(17)23(34)16-32-10-8-18-2-3-19(14-22(18)32)25(26,27)28;1-29(2)23(18-20-6-4-3-5-7-20)25(32)31-16-14-30(15-17-31)21-8-10-22(11-9-21)35(33,34)28-24-12-13-26-19-27-24;;;;;/h2-11,14,17,19,21,32H,12-13,15-16H2,1H3,(H,28,29);2-10,13-14,17H,11-12,15-16H2,1H3,(H,29,30);3-13,19,23H,14-18H2,1-2H3,(H,26,27,28);5*1H/t17-,19-,21?;17-;;;;;;/m10....../s1. The molecule has 1 aliphatic carbocycles. The molecule has 588 valence electrons. The van der Waals surface area contributed by atoms with E-state index >= 15 is 0 Å². The average molecular weight is 1610 g/mol. The summed E-state index contributed by atoms with van der Waals surface area (Å²) in [4.78, 5) is 69.4. The number of hydrogen-bond acceptors (Lipinski definition) is 20. The van der Waals surface area contributed by atoms with Crippen LogP contribution in [0.25, 0.3) is 17.0 Å². The molecule has 0 bridgehead atoms. The summed E-state index contributed by atoms with van der Waals surface area (Å²) in [6.07, 6.45) is 7.25. The maximum atomic E-state index is 14.2. The van der Waals surface area contributed by atoms with Crippen molar-refractivity contribution in [2.45, 2.75) is 71.7 Å². The van der Waals surface area contributed by atoms with Crippen LogP contribution in [0.5, 0.6) is 0 Å². The van der Waals surface area contributed by atoms with Gasteiger partial charge in [0.1, 0.15) is 24.5 Å². The van der Waals surface area contributed by atoms with Crippen LogP contribution in [0.1, 0.15) is 49.2 Å². The van der Waals surface area contributed by atoms with Crippen molar-refractivity contribution in [1.82, 2.24) is 44.1 Å². The highest BCUT2D eigenvalue weighted by molar-refractivity contribution is 7.93. The van der Waals surface area contributed by atoms with E-state index in [4.69, 9.17) is 0 Å². The fraction of sp³-hybridized carbons (Fsp3) is 0.303. The number of amides is 3. The van der Waals surface area contributed by atoms with Gasteiger partial charge in [-0.15, -0.1) is 22.7 Å². The zero-order valence-corrected chi connectivity index (χ0v) is 64.3. The van der Waals surface area contributed by atoms with Crippen LogP contribution in [0.2, 0.25) is 0 Å². The highest BCUT2D eigenvalue weighted by Gasteiger charge is 2.38. The molecular formula is C76H91F4N15O10S5. The second kappa shape index (κ2) is 34.3. The monoisotopic (exact) mass is 1610 g/mol. The van der Waals surface area contributed by atoms with Gasteiger partial charge in [-0.1, -0.05) is 67.6 Å². The number of halogens is 4. The number of nitrogens with one attached hydrogen (secondary N) is 3. The van der Waals surface area contributed by atoms with Crippen molar-refractivity contribution in [1.29, 1.82) is 0 Å². The number of aliphatic hydroxyl groups excluding tert-OH is 1. The maximum absolute atomic E-state index is 14.2. The summed E-state index contributed by atoms with van der Waals surface area (Å²) in [5.74, 6) is -0.834. The molecular weight excluding hydrogens is 1520 g/mol. The van der Waals surface area contributed by atoms with Gasteiger partial charge in [-0.2, -0.15) is 13.2 Å². The topological polar surface area (TPSA) is 289 Å². The molecule has 5 atom stereocenters. The molecule has 0 spiro atoms. The Labute approximate surface area is 650 Å². The maximum Gasteiger partial charge on any atom is 0.416 e. The normalized spacial score (nSPS) is 17.3.